The lowest BCUT2D eigenvalue weighted by molar-refractivity contribution is -0.114. The Balaban J connectivity index is 1.90. The van der Waals surface area contributed by atoms with E-state index in [2.05, 4.69) is 5.32 Å². The van der Waals surface area contributed by atoms with Crippen molar-refractivity contribution in [2.24, 2.45) is 0 Å². The van der Waals surface area contributed by atoms with E-state index in [-0.39, 0.29) is 9.90 Å². The molecule has 0 spiro atoms. The van der Waals surface area contributed by atoms with E-state index in [1.807, 2.05) is 0 Å². The molecule has 0 aliphatic heterocycles. The zero-order valence-corrected chi connectivity index (χ0v) is 17.8. The van der Waals surface area contributed by atoms with Gasteiger partial charge in [0, 0.05) is 6.07 Å². The quantitative estimate of drug-likeness (QED) is 0.565. The fourth-order valence-electron chi connectivity index (χ4n) is 2.66. The summed E-state index contributed by atoms with van der Waals surface area (Å²) < 4.78 is 50.9. The molecule has 0 saturated heterocycles. The van der Waals surface area contributed by atoms with Crippen LogP contribution in [0.5, 0.6) is 11.5 Å². The Morgan fingerprint density at radius 2 is 1.83 bits per heavy atom. The van der Waals surface area contributed by atoms with Crippen LogP contribution in [0.15, 0.2) is 64.2 Å². The van der Waals surface area contributed by atoms with E-state index in [0.717, 1.165) is 27.8 Å². The van der Waals surface area contributed by atoms with E-state index in [4.69, 9.17) is 9.47 Å². The lowest BCUT2D eigenvalue weighted by Crippen LogP contribution is -2.37. The Bertz CT molecular complexity index is 1120. The number of amides is 1. The minimum absolute atomic E-state index is 0.0710. The molecule has 3 aromatic rings. The summed E-state index contributed by atoms with van der Waals surface area (Å²) in [7, 11) is -1.08. The first kappa shape index (κ1) is 21.6. The fourth-order valence-corrected chi connectivity index (χ4v) is 5.19. The number of ether oxygens (including phenoxy) is 2. The molecule has 0 aliphatic rings. The molecule has 0 fully saturated rings. The maximum absolute atomic E-state index is 13.3. The van der Waals surface area contributed by atoms with Gasteiger partial charge < -0.3 is 14.8 Å². The van der Waals surface area contributed by atoms with Gasteiger partial charge in [0.25, 0.3) is 10.0 Å². The highest BCUT2D eigenvalue weighted by molar-refractivity contribution is 7.94. The van der Waals surface area contributed by atoms with Gasteiger partial charge in [-0.15, -0.1) is 11.3 Å². The number of nitrogens with zero attached hydrogens (tertiary/aromatic N) is 1. The molecule has 0 atom stereocenters. The summed E-state index contributed by atoms with van der Waals surface area (Å²) in [5.41, 5.74) is 0.525. The molecule has 10 heteroatoms. The third-order valence-electron chi connectivity index (χ3n) is 4.12. The van der Waals surface area contributed by atoms with Crippen LogP contribution < -0.4 is 19.1 Å². The summed E-state index contributed by atoms with van der Waals surface area (Å²) in [6.45, 7) is -0.513. The van der Waals surface area contributed by atoms with Gasteiger partial charge in [-0.25, -0.2) is 12.8 Å². The van der Waals surface area contributed by atoms with E-state index in [0.29, 0.717) is 17.2 Å². The molecular formula is C20H19FN2O5S2. The van der Waals surface area contributed by atoms with Gasteiger partial charge in [0.1, 0.15) is 28.1 Å². The number of rotatable bonds is 8. The van der Waals surface area contributed by atoms with Crippen LogP contribution in [0.2, 0.25) is 0 Å². The number of carbonyl (C=O) groups is 1. The SMILES string of the molecule is COc1ccc(NC(=O)CN(c2ccc(F)cc2)S(=O)(=O)c2cccs2)c(OC)c1. The molecule has 0 radical (unpaired) electrons. The van der Waals surface area contributed by atoms with Gasteiger partial charge in [0.05, 0.1) is 25.6 Å². The number of hydrogen-bond acceptors (Lipinski definition) is 6. The van der Waals surface area contributed by atoms with E-state index < -0.39 is 28.3 Å². The molecule has 0 saturated carbocycles. The molecule has 30 heavy (non-hydrogen) atoms. The Labute approximate surface area is 177 Å². The molecule has 0 bridgehead atoms. The highest BCUT2D eigenvalue weighted by Crippen LogP contribution is 2.30. The summed E-state index contributed by atoms with van der Waals surface area (Å²) in [6, 6.07) is 12.8. The first-order valence-electron chi connectivity index (χ1n) is 8.69. The van der Waals surface area contributed by atoms with Crippen molar-refractivity contribution in [2.45, 2.75) is 4.21 Å². The van der Waals surface area contributed by atoms with Gasteiger partial charge in [-0.3, -0.25) is 9.10 Å². The number of benzene rings is 2. The first-order chi connectivity index (χ1) is 14.3. The van der Waals surface area contributed by atoms with Crippen molar-refractivity contribution in [1.29, 1.82) is 0 Å². The van der Waals surface area contributed by atoms with Gasteiger partial charge in [0.2, 0.25) is 5.91 Å². The number of anilines is 2. The standard InChI is InChI=1S/C20H19FN2O5S2/c1-27-16-9-10-17(18(12-16)28-2)22-19(24)13-23(15-7-5-14(21)6-8-15)30(25,26)20-4-3-11-29-20/h3-12H,13H2,1-2H3,(H,22,24). The van der Waals surface area contributed by atoms with Crippen LogP contribution in [-0.2, 0) is 14.8 Å². The highest BCUT2D eigenvalue weighted by atomic mass is 32.2. The molecule has 0 unspecified atom stereocenters. The Morgan fingerprint density at radius 3 is 2.43 bits per heavy atom. The summed E-state index contributed by atoms with van der Waals surface area (Å²) in [5.74, 6) is -0.210. The normalized spacial score (nSPS) is 11.0. The second kappa shape index (κ2) is 9.14. The molecule has 7 nitrogen and oxygen atoms in total. The maximum atomic E-state index is 13.3. The lowest BCUT2D eigenvalue weighted by Gasteiger charge is -2.23. The first-order valence-corrected chi connectivity index (χ1v) is 11.0. The van der Waals surface area contributed by atoms with Crippen molar-refractivity contribution >= 4 is 38.6 Å². The smallest absolute Gasteiger partial charge is 0.274 e. The van der Waals surface area contributed by atoms with Gasteiger partial charge >= 0.3 is 0 Å². The van der Waals surface area contributed by atoms with E-state index in [1.165, 1.54) is 32.4 Å². The predicted octanol–water partition coefficient (Wildman–Crippen LogP) is 3.74. The summed E-state index contributed by atoms with van der Waals surface area (Å²) in [6.07, 6.45) is 0. The van der Waals surface area contributed by atoms with Gasteiger partial charge in [-0.2, -0.15) is 0 Å². The summed E-state index contributed by atoms with van der Waals surface area (Å²) in [4.78, 5) is 12.7. The monoisotopic (exact) mass is 450 g/mol. The minimum atomic E-state index is -4.02. The molecule has 158 valence electrons. The highest BCUT2D eigenvalue weighted by Gasteiger charge is 2.28. The van der Waals surface area contributed by atoms with E-state index >= 15 is 0 Å². The molecule has 1 heterocycles. The largest absolute Gasteiger partial charge is 0.497 e. The van der Waals surface area contributed by atoms with Crippen LogP contribution >= 0.6 is 11.3 Å². The Morgan fingerprint density at radius 1 is 1.10 bits per heavy atom. The molecule has 1 aromatic heterocycles. The van der Waals surface area contributed by atoms with Gasteiger partial charge in [-0.05, 0) is 47.8 Å². The van der Waals surface area contributed by atoms with E-state index in [1.54, 1.807) is 29.6 Å². The number of nitrogens with one attached hydrogen (secondary N) is 1. The Kier molecular flexibility index (Phi) is 6.58. The number of halogens is 1. The average Bonchev–Trinajstić information content (AvgIpc) is 3.29. The lowest BCUT2D eigenvalue weighted by atomic mass is 10.2. The van der Waals surface area contributed by atoms with Crippen LogP contribution in [-0.4, -0.2) is 35.1 Å². The van der Waals surface area contributed by atoms with Crippen molar-refractivity contribution in [2.75, 3.05) is 30.4 Å². The number of hydrogen-bond donors (Lipinski definition) is 1. The topological polar surface area (TPSA) is 84.9 Å². The van der Waals surface area contributed by atoms with Crippen molar-refractivity contribution in [3.63, 3.8) is 0 Å². The average molecular weight is 451 g/mol. The molecule has 1 amide bonds. The van der Waals surface area contributed by atoms with Crippen molar-refractivity contribution in [3.8, 4) is 11.5 Å². The summed E-state index contributed by atoms with van der Waals surface area (Å²) in [5, 5.41) is 4.27. The number of thiophene rings is 1. The zero-order valence-electron chi connectivity index (χ0n) is 16.2. The van der Waals surface area contributed by atoms with Gasteiger partial charge in [-0.1, -0.05) is 6.07 Å². The van der Waals surface area contributed by atoms with E-state index in [9.17, 15) is 17.6 Å². The summed E-state index contributed by atoms with van der Waals surface area (Å²) >= 11 is 1.03. The van der Waals surface area contributed by atoms with Crippen molar-refractivity contribution in [3.05, 3.63) is 65.8 Å². The van der Waals surface area contributed by atoms with Crippen LogP contribution in [0.1, 0.15) is 0 Å². The van der Waals surface area contributed by atoms with Crippen LogP contribution in [0, 0.1) is 5.82 Å². The second-order valence-corrected chi connectivity index (χ2v) is 9.07. The zero-order chi connectivity index (χ0) is 21.7. The van der Waals surface area contributed by atoms with Gasteiger partial charge in [0.15, 0.2) is 0 Å². The number of methoxy groups -OCH3 is 2. The van der Waals surface area contributed by atoms with Crippen LogP contribution in [0.4, 0.5) is 15.8 Å². The molecular weight excluding hydrogens is 431 g/mol. The van der Waals surface area contributed by atoms with Crippen LogP contribution in [0.25, 0.3) is 0 Å². The third kappa shape index (κ3) is 4.71. The second-order valence-electron chi connectivity index (χ2n) is 6.03. The number of carbonyl (C=O) groups excluding carboxylic acids is 1. The van der Waals surface area contributed by atoms with Crippen molar-refractivity contribution < 1.29 is 27.1 Å². The minimum Gasteiger partial charge on any atom is -0.497 e. The third-order valence-corrected chi connectivity index (χ3v) is 7.27. The molecule has 1 N–H and O–H groups in total. The predicted molar refractivity (Wildman–Crippen MR) is 113 cm³/mol. The molecule has 2 aromatic carbocycles. The number of sulfonamides is 1. The van der Waals surface area contributed by atoms with Crippen LogP contribution in [0.3, 0.4) is 0 Å². The fraction of sp³-hybridized carbons (Fsp3) is 0.150. The maximum Gasteiger partial charge on any atom is 0.274 e. The molecule has 0 aliphatic carbocycles. The Hall–Kier alpha value is -3.11. The molecule has 3 rings (SSSR count). The van der Waals surface area contributed by atoms with Crippen molar-refractivity contribution in [1.82, 2.24) is 0 Å².